The van der Waals surface area contributed by atoms with E-state index < -0.39 is 11.7 Å². The fourth-order valence-electron chi connectivity index (χ4n) is 3.37. The van der Waals surface area contributed by atoms with Gasteiger partial charge in [-0.05, 0) is 12.5 Å². The first-order valence-corrected chi connectivity index (χ1v) is 9.97. The molecule has 8 nitrogen and oxygen atoms in total. The molecule has 0 bridgehead atoms. The molecule has 2 N–H and O–H groups in total. The number of carbonyl (C=O) groups excluding carboxylic acids is 1. The maximum absolute atomic E-state index is 14.3. The van der Waals surface area contributed by atoms with E-state index in [1.54, 1.807) is 25.1 Å². The van der Waals surface area contributed by atoms with E-state index in [-0.39, 0.29) is 29.4 Å². The average molecular weight is 433 g/mol. The molecular formula is C23H22FN7O. The number of para-hydroxylation sites is 1. The monoisotopic (exact) mass is 433 g/mol. The Morgan fingerprint density at radius 1 is 1.19 bits per heavy atom. The Kier molecular flexibility index (Phi) is 5.27. The van der Waals surface area contributed by atoms with Gasteiger partial charge in [0.1, 0.15) is 18.0 Å². The second-order valence-corrected chi connectivity index (χ2v) is 7.24. The molecule has 162 valence electrons. The van der Waals surface area contributed by atoms with E-state index in [1.807, 2.05) is 13.0 Å². The van der Waals surface area contributed by atoms with Crippen LogP contribution in [0.15, 0.2) is 49.1 Å². The van der Waals surface area contributed by atoms with Crippen LogP contribution in [0.5, 0.6) is 0 Å². The number of nitrogens with one attached hydrogen (secondary N) is 2. The minimum absolute atomic E-state index is 0.0346. The van der Waals surface area contributed by atoms with Gasteiger partial charge < -0.3 is 10.6 Å². The van der Waals surface area contributed by atoms with Gasteiger partial charge >= 0.3 is 0 Å². The zero-order valence-corrected chi connectivity index (χ0v) is 17.8. The number of hydrogen-bond acceptors (Lipinski definition) is 7. The maximum Gasteiger partial charge on any atom is 0.254 e. The van der Waals surface area contributed by atoms with Crippen LogP contribution in [0, 0.1) is 12.7 Å². The highest BCUT2D eigenvalue weighted by atomic mass is 19.1. The first-order valence-electron chi connectivity index (χ1n) is 11.0. The molecule has 1 atom stereocenters. The Balaban J connectivity index is 1.60. The van der Waals surface area contributed by atoms with Crippen molar-refractivity contribution in [3.05, 3.63) is 71.9 Å². The van der Waals surface area contributed by atoms with Gasteiger partial charge in [-0.3, -0.25) is 9.78 Å². The Morgan fingerprint density at radius 3 is 2.72 bits per heavy atom. The van der Waals surface area contributed by atoms with E-state index >= 15 is 0 Å². The Labute approximate surface area is 187 Å². The van der Waals surface area contributed by atoms with Crippen molar-refractivity contribution in [1.82, 2.24) is 30.2 Å². The topological polar surface area (TPSA) is 106 Å². The number of rotatable bonds is 6. The number of halogens is 1. The summed E-state index contributed by atoms with van der Waals surface area (Å²) >= 11 is 0. The molecule has 0 saturated carbocycles. The van der Waals surface area contributed by atoms with Crippen molar-refractivity contribution in [3.8, 4) is 11.3 Å². The van der Waals surface area contributed by atoms with Crippen molar-refractivity contribution in [3.63, 3.8) is 0 Å². The number of fused-ring (bicyclic) bond motifs is 1. The van der Waals surface area contributed by atoms with E-state index in [2.05, 4.69) is 35.6 Å². The molecule has 0 aliphatic heterocycles. The SMILES string of the molecule is [2H]c1nc(C)nc([2H])c1-c1cc(NC[C@@H](C)c2cccc3c(C(=O)NC)c(F)cnc23)ncn1. The molecule has 0 radical (unpaired) electrons. The van der Waals surface area contributed by atoms with Crippen LogP contribution in [-0.2, 0) is 0 Å². The lowest BCUT2D eigenvalue weighted by Gasteiger charge is -2.16. The van der Waals surface area contributed by atoms with Gasteiger partial charge in [0.2, 0.25) is 0 Å². The molecular weight excluding hydrogens is 409 g/mol. The van der Waals surface area contributed by atoms with Crippen molar-refractivity contribution in [2.24, 2.45) is 0 Å². The predicted molar refractivity (Wildman–Crippen MR) is 120 cm³/mol. The summed E-state index contributed by atoms with van der Waals surface area (Å²) in [4.78, 5) is 32.9. The second kappa shape index (κ2) is 9.01. The molecule has 3 heterocycles. The third kappa shape index (κ3) is 4.22. The molecule has 0 spiro atoms. The molecule has 4 rings (SSSR count). The van der Waals surface area contributed by atoms with Crippen molar-refractivity contribution in [2.45, 2.75) is 19.8 Å². The van der Waals surface area contributed by atoms with Crippen molar-refractivity contribution in [1.29, 1.82) is 0 Å². The highest BCUT2D eigenvalue weighted by Crippen LogP contribution is 2.28. The number of carbonyl (C=O) groups is 1. The molecule has 0 saturated heterocycles. The first kappa shape index (κ1) is 18.7. The van der Waals surface area contributed by atoms with E-state index in [0.29, 0.717) is 34.8 Å². The fraction of sp³-hybridized carbons (Fsp3) is 0.217. The summed E-state index contributed by atoms with van der Waals surface area (Å²) in [6, 6.07) is 6.97. The van der Waals surface area contributed by atoms with Gasteiger partial charge in [-0.25, -0.2) is 24.3 Å². The molecule has 0 aliphatic rings. The van der Waals surface area contributed by atoms with Gasteiger partial charge in [-0.15, -0.1) is 0 Å². The van der Waals surface area contributed by atoms with E-state index in [0.717, 1.165) is 11.8 Å². The summed E-state index contributed by atoms with van der Waals surface area (Å²) in [7, 11) is 1.45. The lowest BCUT2D eigenvalue weighted by molar-refractivity contribution is 0.0960. The molecule has 9 heteroatoms. The zero-order valence-electron chi connectivity index (χ0n) is 19.8. The van der Waals surface area contributed by atoms with Gasteiger partial charge in [0.05, 0.1) is 25.7 Å². The van der Waals surface area contributed by atoms with E-state index in [9.17, 15) is 9.18 Å². The summed E-state index contributed by atoms with van der Waals surface area (Å²) in [6.07, 6.45) is 2.26. The predicted octanol–water partition coefficient (Wildman–Crippen LogP) is 3.50. The van der Waals surface area contributed by atoms with Crippen LogP contribution in [0.2, 0.25) is 0 Å². The molecule has 1 amide bonds. The molecule has 0 unspecified atom stereocenters. The number of pyridine rings is 1. The van der Waals surface area contributed by atoms with Crippen molar-refractivity contribution < 1.29 is 11.9 Å². The summed E-state index contributed by atoms with van der Waals surface area (Å²) in [5.74, 6) is -0.404. The van der Waals surface area contributed by atoms with Crippen molar-refractivity contribution >= 4 is 22.6 Å². The minimum atomic E-state index is -0.675. The summed E-state index contributed by atoms with van der Waals surface area (Å²) in [5, 5.41) is 6.15. The molecule has 0 fully saturated rings. The average Bonchev–Trinajstić information content (AvgIpc) is 2.81. The van der Waals surface area contributed by atoms with Gasteiger partial charge in [0.15, 0.2) is 5.82 Å². The number of hydrogen-bond donors (Lipinski definition) is 2. The van der Waals surface area contributed by atoms with Crippen molar-refractivity contribution in [2.75, 3.05) is 18.9 Å². The quantitative estimate of drug-likeness (QED) is 0.479. The van der Waals surface area contributed by atoms with Crippen LogP contribution >= 0.6 is 0 Å². The van der Waals surface area contributed by atoms with Crippen LogP contribution < -0.4 is 10.6 Å². The highest BCUT2D eigenvalue weighted by Gasteiger charge is 2.19. The van der Waals surface area contributed by atoms with E-state index in [4.69, 9.17) is 2.74 Å². The van der Waals surface area contributed by atoms with Gasteiger partial charge in [-0.2, -0.15) is 0 Å². The summed E-state index contributed by atoms with van der Waals surface area (Å²) < 4.78 is 30.5. The van der Waals surface area contributed by atoms with Crippen LogP contribution in [0.25, 0.3) is 22.2 Å². The smallest absolute Gasteiger partial charge is 0.254 e. The molecule has 0 aliphatic carbocycles. The number of amides is 1. The van der Waals surface area contributed by atoms with Gasteiger partial charge in [-0.1, -0.05) is 25.1 Å². The number of anilines is 1. The Morgan fingerprint density at radius 2 is 1.97 bits per heavy atom. The van der Waals surface area contributed by atoms with Crippen LogP contribution in [0.1, 0.15) is 37.3 Å². The third-order valence-corrected chi connectivity index (χ3v) is 5.04. The standard InChI is InChI=1S/C23H22FN7O/c1-13(8-28-20-7-19(30-12-31-20)15-9-26-14(2)27-10-15)16-5-4-6-17-21(23(32)25-3)18(24)11-29-22(16)17/h4-7,9-13H,8H2,1-3H3,(H,25,32)(H,28,30,31)/t13-/m1/s1/i9D,10D. The Bertz CT molecular complexity index is 1380. The lowest BCUT2D eigenvalue weighted by Crippen LogP contribution is -2.20. The summed E-state index contributed by atoms with van der Waals surface area (Å²) in [6.45, 7) is 4.06. The number of nitrogens with zero attached hydrogens (tertiary/aromatic N) is 5. The largest absolute Gasteiger partial charge is 0.369 e. The van der Waals surface area contributed by atoms with E-state index in [1.165, 1.54) is 13.4 Å². The van der Waals surface area contributed by atoms with Gasteiger partial charge in [0.25, 0.3) is 5.91 Å². The number of benzene rings is 1. The zero-order chi connectivity index (χ0) is 24.4. The number of aryl methyl sites for hydroxylation is 1. The summed E-state index contributed by atoms with van der Waals surface area (Å²) in [5.41, 5.74) is 1.96. The maximum atomic E-state index is 14.3. The number of aromatic nitrogens is 5. The molecule has 4 aromatic rings. The lowest BCUT2D eigenvalue weighted by atomic mass is 9.96. The second-order valence-electron chi connectivity index (χ2n) is 7.24. The van der Waals surface area contributed by atoms with Crippen LogP contribution in [0.3, 0.4) is 0 Å². The minimum Gasteiger partial charge on any atom is -0.369 e. The molecule has 3 aromatic heterocycles. The Hall–Kier alpha value is -4.01. The third-order valence-electron chi connectivity index (χ3n) is 5.04. The first-order chi connectivity index (χ1) is 16.3. The van der Waals surface area contributed by atoms with Crippen LogP contribution in [-0.4, -0.2) is 44.4 Å². The van der Waals surface area contributed by atoms with Crippen LogP contribution in [0.4, 0.5) is 10.2 Å². The molecule has 1 aromatic carbocycles. The fourth-order valence-corrected chi connectivity index (χ4v) is 3.37. The normalized spacial score (nSPS) is 12.8. The highest BCUT2D eigenvalue weighted by molar-refractivity contribution is 6.06. The van der Waals surface area contributed by atoms with Gasteiger partial charge in [0, 0.05) is 48.9 Å². The molecule has 32 heavy (non-hydrogen) atoms.